The van der Waals surface area contributed by atoms with Crippen molar-refractivity contribution in [1.29, 1.82) is 0 Å². The summed E-state index contributed by atoms with van der Waals surface area (Å²) in [6.45, 7) is 2.14. The van der Waals surface area contributed by atoms with Crippen LogP contribution in [0.1, 0.15) is 31.2 Å². The van der Waals surface area contributed by atoms with Crippen molar-refractivity contribution in [1.82, 2.24) is 24.9 Å². The molecule has 0 saturated heterocycles. The zero-order valence-electron chi connectivity index (χ0n) is 14.5. The zero-order chi connectivity index (χ0) is 19.3. The highest BCUT2D eigenvalue weighted by Gasteiger charge is 2.69. The first kappa shape index (κ1) is 17.8. The molecule has 1 atom stereocenters. The summed E-state index contributed by atoms with van der Waals surface area (Å²) in [6.07, 6.45) is 3.12. The molecule has 10 nitrogen and oxygen atoms in total. The summed E-state index contributed by atoms with van der Waals surface area (Å²) >= 11 is 0. The number of hydrogen-bond donors (Lipinski definition) is 3. The number of aromatic nitrogens is 5. The van der Waals surface area contributed by atoms with Crippen LogP contribution < -0.4 is 9.88 Å². The lowest BCUT2D eigenvalue weighted by atomic mass is 9.90. The van der Waals surface area contributed by atoms with Gasteiger partial charge in [0.1, 0.15) is 0 Å². The lowest BCUT2D eigenvalue weighted by molar-refractivity contribution is 0.109. The van der Waals surface area contributed by atoms with Crippen molar-refractivity contribution in [2.75, 3.05) is 6.61 Å². The molecular weight excluding hydrogens is 372 g/mol. The molecule has 0 bridgehead atoms. The van der Waals surface area contributed by atoms with Crippen molar-refractivity contribution >= 4 is 21.3 Å². The van der Waals surface area contributed by atoms with Gasteiger partial charge in [0, 0.05) is 6.07 Å². The van der Waals surface area contributed by atoms with Gasteiger partial charge in [-0.15, -0.1) is 0 Å². The number of aromatic amines is 1. The topological polar surface area (TPSA) is 157 Å². The van der Waals surface area contributed by atoms with E-state index < -0.39 is 20.4 Å². The number of imidazole rings is 1. The molecule has 1 aliphatic carbocycles. The molecule has 0 spiro atoms. The number of H-pyrrole nitrogens is 1. The van der Waals surface area contributed by atoms with Crippen LogP contribution in [0.4, 0.5) is 0 Å². The van der Waals surface area contributed by atoms with Crippen LogP contribution in [-0.4, -0.2) is 50.7 Å². The van der Waals surface area contributed by atoms with Gasteiger partial charge in [0.2, 0.25) is 15.9 Å². The number of hydrogen-bond acceptors (Lipinski definition) is 8. The zero-order valence-corrected chi connectivity index (χ0v) is 15.3. The Hall–Kier alpha value is -2.63. The monoisotopic (exact) mass is 390 g/mol. The highest BCUT2D eigenvalue weighted by atomic mass is 32.2. The van der Waals surface area contributed by atoms with E-state index in [4.69, 9.17) is 9.88 Å². The summed E-state index contributed by atoms with van der Waals surface area (Å²) in [7, 11) is -4.42. The van der Waals surface area contributed by atoms with E-state index in [-0.39, 0.29) is 35.8 Å². The van der Waals surface area contributed by atoms with Crippen LogP contribution in [0.3, 0.4) is 0 Å². The average Bonchev–Trinajstić information content (AvgIpc) is 3.18. The van der Waals surface area contributed by atoms with E-state index in [2.05, 4.69) is 24.9 Å². The van der Waals surface area contributed by atoms with Gasteiger partial charge < -0.3 is 14.8 Å². The highest BCUT2D eigenvalue weighted by Crippen LogP contribution is 2.56. The fourth-order valence-corrected chi connectivity index (χ4v) is 4.90. The number of rotatable bonds is 6. The van der Waals surface area contributed by atoms with Gasteiger partial charge in [0.25, 0.3) is 0 Å². The largest absolute Gasteiger partial charge is 0.478 e. The molecular formula is C16H18N6O4S. The second-order valence-corrected chi connectivity index (χ2v) is 8.08. The van der Waals surface area contributed by atoms with E-state index in [9.17, 15) is 13.5 Å². The predicted octanol–water partition coefficient (Wildman–Crippen LogP) is 0.204. The van der Waals surface area contributed by atoms with E-state index in [1.807, 2.05) is 0 Å². The molecule has 142 valence electrons. The van der Waals surface area contributed by atoms with Gasteiger partial charge in [-0.05, 0) is 25.8 Å². The van der Waals surface area contributed by atoms with Gasteiger partial charge in [0.15, 0.2) is 16.0 Å². The Morgan fingerprint density at radius 3 is 2.74 bits per heavy atom. The van der Waals surface area contributed by atoms with Crippen LogP contribution in [-0.2, 0) is 14.8 Å². The van der Waals surface area contributed by atoms with Gasteiger partial charge in [-0.1, -0.05) is 6.07 Å². The number of nitrogens with zero attached hydrogens (tertiary/aromatic N) is 4. The first-order chi connectivity index (χ1) is 12.8. The number of aliphatic hydroxyl groups is 1. The van der Waals surface area contributed by atoms with Crippen LogP contribution in [0.2, 0.25) is 0 Å². The van der Waals surface area contributed by atoms with Crippen molar-refractivity contribution in [3.63, 3.8) is 0 Å². The molecule has 4 rings (SSSR count). The quantitative estimate of drug-likeness (QED) is 0.539. The van der Waals surface area contributed by atoms with E-state index in [1.54, 1.807) is 19.1 Å². The van der Waals surface area contributed by atoms with E-state index in [0.29, 0.717) is 12.3 Å². The predicted molar refractivity (Wildman–Crippen MR) is 95.2 cm³/mol. The minimum atomic E-state index is -4.42. The average molecular weight is 390 g/mol. The third kappa shape index (κ3) is 2.58. The molecule has 1 saturated carbocycles. The molecule has 4 N–H and O–H groups in total. The van der Waals surface area contributed by atoms with Crippen molar-refractivity contribution in [2.45, 2.75) is 30.1 Å². The Morgan fingerprint density at radius 1 is 1.30 bits per heavy atom. The minimum absolute atomic E-state index is 0.0251. The van der Waals surface area contributed by atoms with Gasteiger partial charge in [-0.25, -0.2) is 33.5 Å². The number of pyridine rings is 1. The van der Waals surface area contributed by atoms with Crippen LogP contribution in [0.5, 0.6) is 5.88 Å². The van der Waals surface area contributed by atoms with E-state index in [1.165, 1.54) is 18.6 Å². The smallest absolute Gasteiger partial charge is 0.229 e. The minimum Gasteiger partial charge on any atom is -0.478 e. The first-order valence-electron chi connectivity index (χ1n) is 8.33. The Balaban J connectivity index is 2.05. The fraction of sp³-hybridized carbons (Fsp3) is 0.375. The Morgan fingerprint density at radius 2 is 2.07 bits per heavy atom. The van der Waals surface area contributed by atoms with Crippen molar-refractivity contribution in [3.05, 3.63) is 42.1 Å². The number of sulfonamides is 1. The van der Waals surface area contributed by atoms with Crippen molar-refractivity contribution in [2.24, 2.45) is 5.14 Å². The Labute approximate surface area is 154 Å². The Bertz CT molecular complexity index is 1110. The maximum atomic E-state index is 12.9. The van der Waals surface area contributed by atoms with Gasteiger partial charge in [0.05, 0.1) is 36.1 Å². The fourth-order valence-electron chi connectivity index (χ4n) is 3.37. The van der Waals surface area contributed by atoms with Crippen LogP contribution in [0, 0.1) is 0 Å². The Kier molecular flexibility index (Phi) is 3.91. The lowest BCUT2D eigenvalue weighted by Gasteiger charge is -2.35. The van der Waals surface area contributed by atoms with Crippen LogP contribution in [0.15, 0.2) is 30.7 Å². The molecule has 1 unspecified atom stereocenters. The van der Waals surface area contributed by atoms with Crippen molar-refractivity contribution < 1.29 is 18.3 Å². The summed E-state index contributed by atoms with van der Waals surface area (Å²) in [5, 5.41) is 16.8. The molecule has 11 heteroatoms. The number of ether oxygens (including phenoxy) is 1. The third-order valence-corrected chi connectivity index (χ3v) is 6.34. The lowest BCUT2D eigenvalue weighted by Crippen LogP contribution is -2.53. The molecule has 1 fully saturated rings. The highest BCUT2D eigenvalue weighted by molar-refractivity contribution is 7.90. The molecule has 0 amide bonds. The standard InChI is InChI=1S/C16H18N6O4S/c1-2-26-12-5-3-4-10(21-12)16(27(17,24)25,15(23)6-7-15)11-8-18-13-14(22-11)20-9-19-13/h3-5,8-9,23H,2,6-7H2,1H3,(H2,17,24,25)(H,18,19,20,22). The maximum Gasteiger partial charge on any atom is 0.229 e. The van der Waals surface area contributed by atoms with Crippen molar-refractivity contribution in [3.8, 4) is 5.88 Å². The molecule has 1 aliphatic rings. The summed E-state index contributed by atoms with van der Waals surface area (Å²) in [4.78, 5) is 19.6. The second kappa shape index (κ2) is 5.94. The summed E-state index contributed by atoms with van der Waals surface area (Å²) in [6, 6.07) is 4.69. The number of fused-ring (bicyclic) bond motifs is 1. The molecule has 3 aromatic heterocycles. The SMILES string of the molecule is CCOc1cccc(C(c2cnc3nc[nH]c3n2)(C2(O)CC2)S(N)(=O)=O)n1. The number of nitrogens with one attached hydrogen (secondary N) is 1. The number of primary sulfonamides is 1. The van der Waals surface area contributed by atoms with Crippen LogP contribution in [0.25, 0.3) is 11.3 Å². The number of nitrogens with two attached hydrogens (primary N) is 1. The van der Waals surface area contributed by atoms with Crippen LogP contribution >= 0.6 is 0 Å². The van der Waals surface area contributed by atoms with Gasteiger partial charge >= 0.3 is 0 Å². The van der Waals surface area contributed by atoms with E-state index >= 15 is 0 Å². The molecule has 3 aromatic rings. The third-order valence-electron chi connectivity index (χ3n) is 4.68. The molecule has 0 aromatic carbocycles. The molecule has 27 heavy (non-hydrogen) atoms. The molecule has 0 aliphatic heterocycles. The summed E-state index contributed by atoms with van der Waals surface area (Å²) in [5.74, 6) is 0.225. The van der Waals surface area contributed by atoms with Gasteiger partial charge in [-0.3, -0.25) is 0 Å². The summed E-state index contributed by atoms with van der Waals surface area (Å²) in [5.41, 5.74) is -1.04. The molecule has 0 radical (unpaired) electrons. The normalized spacial score (nSPS) is 18.2. The van der Waals surface area contributed by atoms with E-state index in [0.717, 1.165) is 0 Å². The summed E-state index contributed by atoms with van der Waals surface area (Å²) < 4.78 is 29.2. The maximum absolute atomic E-state index is 12.9. The first-order valence-corrected chi connectivity index (χ1v) is 9.88. The van der Waals surface area contributed by atoms with Gasteiger partial charge in [-0.2, -0.15) is 0 Å². The molecule has 3 heterocycles. The second-order valence-electron chi connectivity index (χ2n) is 6.38.